The normalized spacial score (nSPS) is 18.7. The average Bonchev–Trinajstić information content (AvgIpc) is 2.59. The molecule has 0 saturated heterocycles. The molecule has 0 saturated carbocycles. The Morgan fingerprint density at radius 2 is 2.32 bits per heavy atom. The molecule has 1 aromatic rings. The van der Waals surface area contributed by atoms with E-state index in [9.17, 15) is 0 Å². The molecule has 92 valence electrons. The van der Waals surface area contributed by atoms with Gasteiger partial charge in [-0.05, 0) is 36.8 Å². The monoisotopic (exact) mass is 248 g/mol. The third-order valence-corrected chi connectivity index (χ3v) is 2.84. The molecule has 1 aromatic heterocycles. The van der Waals surface area contributed by atoms with E-state index < -0.39 is 0 Å². The smallest absolute Gasteiger partial charge is 0.214 e. The van der Waals surface area contributed by atoms with Crippen molar-refractivity contribution >= 4 is 6.08 Å². The van der Waals surface area contributed by atoms with Crippen molar-refractivity contribution in [1.82, 2.24) is 4.98 Å². The molecule has 3 rings (SSSR count). The zero-order chi connectivity index (χ0) is 13.1. The maximum atomic E-state index is 5.68. The Kier molecular flexibility index (Phi) is 2.97. The van der Waals surface area contributed by atoms with Gasteiger partial charge in [-0.25, -0.2) is 4.98 Å². The number of nitrogens with zero attached hydrogens (tertiary/aromatic N) is 2. The van der Waals surface area contributed by atoms with E-state index >= 15 is 0 Å². The second-order valence-electron chi connectivity index (χ2n) is 4.16. The highest BCUT2D eigenvalue weighted by Gasteiger charge is 2.07. The van der Waals surface area contributed by atoms with Crippen LogP contribution < -0.4 is 10.7 Å². The van der Waals surface area contributed by atoms with Crippen LogP contribution in [0.3, 0.4) is 0 Å². The Morgan fingerprint density at radius 3 is 3.26 bits per heavy atom. The lowest BCUT2D eigenvalue weighted by atomic mass is 10.1. The summed E-state index contributed by atoms with van der Waals surface area (Å²) < 4.78 is 5.68. The van der Waals surface area contributed by atoms with Gasteiger partial charge in [-0.15, -0.1) is 5.73 Å². The Morgan fingerprint density at radius 1 is 1.37 bits per heavy atom. The van der Waals surface area contributed by atoms with Crippen LogP contribution in [0.15, 0.2) is 77.2 Å². The molecular weight excluding hydrogens is 236 g/mol. The van der Waals surface area contributed by atoms with E-state index in [1.54, 1.807) is 12.3 Å². The van der Waals surface area contributed by atoms with Crippen molar-refractivity contribution in [2.45, 2.75) is 6.42 Å². The predicted molar refractivity (Wildman–Crippen MR) is 73.1 cm³/mol. The third-order valence-electron chi connectivity index (χ3n) is 2.84. The van der Waals surface area contributed by atoms with Gasteiger partial charge in [0.15, 0.2) is 5.49 Å². The van der Waals surface area contributed by atoms with E-state index in [-0.39, 0.29) is 0 Å². The van der Waals surface area contributed by atoms with Crippen molar-refractivity contribution in [3.8, 4) is 0 Å². The van der Waals surface area contributed by atoms with E-state index in [4.69, 9.17) is 4.74 Å². The first-order chi connectivity index (χ1) is 9.33. The molecule has 0 spiro atoms. The van der Waals surface area contributed by atoms with Gasteiger partial charge in [-0.2, -0.15) is 4.99 Å². The number of hydrogen-bond donors (Lipinski definition) is 0. The summed E-state index contributed by atoms with van der Waals surface area (Å²) in [5.74, 6) is 1.05. The molecule has 0 fully saturated rings. The van der Waals surface area contributed by atoms with Crippen LogP contribution in [-0.4, -0.2) is 4.98 Å². The van der Waals surface area contributed by atoms with Crippen LogP contribution >= 0.6 is 0 Å². The maximum absolute atomic E-state index is 5.68. The first-order valence-electron chi connectivity index (χ1n) is 6.02. The van der Waals surface area contributed by atoms with Gasteiger partial charge in [0.1, 0.15) is 5.76 Å². The van der Waals surface area contributed by atoms with E-state index in [2.05, 4.69) is 28.4 Å². The summed E-state index contributed by atoms with van der Waals surface area (Å²) in [5.41, 5.74) is 4.72. The lowest BCUT2D eigenvalue weighted by molar-refractivity contribution is 0.313. The van der Waals surface area contributed by atoms with Gasteiger partial charge >= 0.3 is 0 Å². The third kappa shape index (κ3) is 2.46. The summed E-state index contributed by atoms with van der Waals surface area (Å²) in [7, 11) is 0. The zero-order valence-electron chi connectivity index (χ0n) is 10.3. The highest BCUT2D eigenvalue weighted by molar-refractivity contribution is 5.41. The maximum Gasteiger partial charge on any atom is 0.214 e. The number of fused-ring (bicyclic) bond motifs is 1. The molecule has 19 heavy (non-hydrogen) atoms. The molecule has 3 nitrogen and oxygen atoms in total. The first-order valence-corrected chi connectivity index (χ1v) is 6.02. The topological polar surface area (TPSA) is 34.5 Å². The molecule has 0 unspecified atom stereocenters. The fourth-order valence-electron chi connectivity index (χ4n) is 1.93. The lowest BCUT2D eigenvalue weighted by Crippen LogP contribution is -2.27. The summed E-state index contributed by atoms with van der Waals surface area (Å²) in [4.78, 5) is 8.55. The van der Waals surface area contributed by atoms with Crippen molar-refractivity contribution in [3.05, 3.63) is 82.9 Å². The Labute approximate surface area is 111 Å². The van der Waals surface area contributed by atoms with Crippen LogP contribution in [0.25, 0.3) is 6.08 Å². The van der Waals surface area contributed by atoms with Crippen molar-refractivity contribution < 1.29 is 4.74 Å². The van der Waals surface area contributed by atoms with Crippen LogP contribution in [0.5, 0.6) is 0 Å². The number of aromatic nitrogens is 1. The van der Waals surface area contributed by atoms with Gasteiger partial charge in [-0.3, -0.25) is 0 Å². The number of allylic oxidation sites excluding steroid dienone is 4. The Balaban J connectivity index is 2.18. The highest BCUT2D eigenvalue weighted by Crippen LogP contribution is 2.19. The molecular formula is C16H12N2O. The predicted octanol–water partition coefficient (Wildman–Crippen LogP) is 1.91. The molecule has 2 heterocycles. The molecule has 0 bridgehead atoms. The summed E-state index contributed by atoms with van der Waals surface area (Å²) in [6.45, 7) is 3.82. The quantitative estimate of drug-likeness (QED) is 0.657. The zero-order valence-corrected chi connectivity index (χ0v) is 10.3. The summed E-state index contributed by atoms with van der Waals surface area (Å²) in [6, 6.07) is 3.88. The molecule has 0 aromatic carbocycles. The van der Waals surface area contributed by atoms with Crippen molar-refractivity contribution in [2.24, 2.45) is 4.99 Å². The molecule has 0 atom stereocenters. The molecule has 2 aliphatic rings. The van der Waals surface area contributed by atoms with Gasteiger partial charge in [0.2, 0.25) is 5.88 Å². The van der Waals surface area contributed by atoms with Crippen LogP contribution in [0, 0.1) is 0 Å². The van der Waals surface area contributed by atoms with Gasteiger partial charge in [0, 0.05) is 17.5 Å². The second kappa shape index (κ2) is 4.92. The fourth-order valence-corrected chi connectivity index (χ4v) is 1.93. The van der Waals surface area contributed by atoms with E-state index in [1.165, 1.54) is 0 Å². The Bertz CT molecular complexity index is 775. The fraction of sp³-hybridized carbons (Fsp3) is 0.0625. The van der Waals surface area contributed by atoms with E-state index in [0.717, 1.165) is 23.0 Å². The molecule has 0 amide bonds. The molecule has 0 radical (unpaired) electrons. The molecule has 3 heteroatoms. The van der Waals surface area contributed by atoms with Crippen LogP contribution in [0.2, 0.25) is 0 Å². The van der Waals surface area contributed by atoms with Gasteiger partial charge in [-0.1, -0.05) is 18.2 Å². The highest BCUT2D eigenvalue weighted by atomic mass is 16.5. The van der Waals surface area contributed by atoms with Gasteiger partial charge in [0.25, 0.3) is 0 Å². The van der Waals surface area contributed by atoms with Gasteiger partial charge in [0.05, 0.1) is 0 Å². The summed E-state index contributed by atoms with van der Waals surface area (Å²) in [5, 5.41) is 0.982. The van der Waals surface area contributed by atoms with E-state index in [1.807, 2.05) is 30.4 Å². The Hall–Kier alpha value is -2.64. The molecule has 0 N–H and O–H groups in total. The standard InChI is InChI=1S/C16H12N2O/c1-12-18-16-14(7-5-11-17-16)10-9-13-6-3-2-4-8-15(13)19-12/h2-3,5-8,10-11H,1,9H2/b14-10-,18-16?. The lowest BCUT2D eigenvalue weighted by Gasteiger charge is -2.07. The second-order valence-corrected chi connectivity index (χ2v) is 4.16. The molecule has 1 aliphatic heterocycles. The SMILES string of the molecule is C=C1N=c2nccc/c2=C/CC2=C(C=C=CC=C2)O1. The van der Waals surface area contributed by atoms with Crippen LogP contribution in [0.1, 0.15) is 6.42 Å². The first kappa shape index (κ1) is 11.5. The van der Waals surface area contributed by atoms with Crippen molar-refractivity contribution in [3.63, 3.8) is 0 Å². The minimum Gasteiger partial charge on any atom is -0.439 e. The number of pyridine rings is 1. The largest absolute Gasteiger partial charge is 0.439 e. The average molecular weight is 248 g/mol. The minimum atomic E-state index is 0.330. The van der Waals surface area contributed by atoms with Gasteiger partial charge < -0.3 is 4.74 Å². The number of rotatable bonds is 0. The summed E-state index contributed by atoms with van der Waals surface area (Å²) >= 11 is 0. The molecule has 1 aliphatic carbocycles. The van der Waals surface area contributed by atoms with Crippen molar-refractivity contribution in [2.75, 3.05) is 0 Å². The van der Waals surface area contributed by atoms with Crippen LogP contribution in [-0.2, 0) is 4.74 Å². The summed E-state index contributed by atoms with van der Waals surface area (Å²) in [6.07, 6.45) is 12.1. The number of ether oxygens (including phenoxy) is 1. The van der Waals surface area contributed by atoms with Crippen LogP contribution in [0.4, 0.5) is 0 Å². The minimum absolute atomic E-state index is 0.330. The van der Waals surface area contributed by atoms with E-state index in [0.29, 0.717) is 11.4 Å². The number of hydrogen-bond acceptors (Lipinski definition) is 3. The van der Waals surface area contributed by atoms with Crippen molar-refractivity contribution in [1.29, 1.82) is 0 Å².